The Morgan fingerprint density at radius 2 is 2.42 bits per heavy atom. The minimum Gasteiger partial charge on any atom is -0.309 e. The molecule has 0 spiro atoms. The quantitative estimate of drug-likeness (QED) is 0.587. The van der Waals surface area contributed by atoms with Gasteiger partial charge in [0.25, 0.3) is 0 Å². The molecule has 12 heavy (non-hydrogen) atoms. The lowest BCUT2D eigenvalue weighted by Gasteiger charge is -2.25. The third kappa shape index (κ3) is 1.15. The third-order valence-corrected chi connectivity index (χ3v) is 2.96. The summed E-state index contributed by atoms with van der Waals surface area (Å²) < 4.78 is 1.84. The highest BCUT2D eigenvalue weighted by Crippen LogP contribution is 2.25. The number of rotatable bonds is 0. The van der Waals surface area contributed by atoms with Crippen LogP contribution in [0, 0.1) is 6.92 Å². The van der Waals surface area contributed by atoms with Gasteiger partial charge in [-0.2, -0.15) is 5.10 Å². The predicted octanol–water partition coefficient (Wildman–Crippen LogP) is 0.234. The maximum Gasteiger partial charge on any atom is 0.147 e. The zero-order valence-electron chi connectivity index (χ0n) is 7.07. The molecule has 0 saturated heterocycles. The summed E-state index contributed by atoms with van der Waals surface area (Å²) in [4.78, 5) is 4.30. The summed E-state index contributed by atoms with van der Waals surface area (Å²) in [7, 11) is 2.76. The second-order valence-corrected chi connectivity index (χ2v) is 4.07. The third-order valence-electron chi connectivity index (χ3n) is 2.23. The van der Waals surface area contributed by atoms with Gasteiger partial charge in [0.1, 0.15) is 17.8 Å². The van der Waals surface area contributed by atoms with Crippen LogP contribution < -0.4 is 5.73 Å². The van der Waals surface area contributed by atoms with Crippen LogP contribution in [0.15, 0.2) is 0 Å². The maximum atomic E-state index is 5.94. The summed E-state index contributed by atoms with van der Waals surface area (Å²) in [6, 6.07) is 0. The van der Waals surface area contributed by atoms with E-state index in [1.54, 1.807) is 0 Å². The van der Waals surface area contributed by atoms with E-state index in [-0.39, 0.29) is 6.17 Å². The first-order chi connectivity index (χ1) is 5.68. The fraction of sp³-hybridized carbons (Fsp3) is 0.714. The van der Waals surface area contributed by atoms with Gasteiger partial charge in [-0.1, -0.05) is 0 Å². The maximum absolute atomic E-state index is 5.94. The molecular weight excluding hydrogens is 171 g/mol. The Morgan fingerprint density at radius 1 is 1.67 bits per heavy atom. The van der Waals surface area contributed by atoms with E-state index < -0.39 is 0 Å². The first-order valence-corrected chi connectivity index (χ1v) is 4.78. The van der Waals surface area contributed by atoms with Crippen LogP contribution in [0.2, 0.25) is 0 Å². The standard InChI is InChI=1S/C7H13N4P/c1-4-9-6-3-2-5(12)7(8)11(6)10-4/h5,7H,2-3,8,12H2,1H3. The van der Waals surface area contributed by atoms with E-state index in [1.807, 2.05) is 11.6 Å². The molecule has 1 aliphatic rings. The largest absolute Gasteiger partial charge is 0.309 e. The Balaban J connectivity index is 2.41. The molecule has 5 heteroatoms. The van der Waals surface area contributed by atoms with E-state index in [1.165, 1.54) is 0 Å². The second kappa shape index (κ2) is 2.79. The van der Waals surface area contributed by atoms with Gasteiger partial charge in [-0.15, -0.1) is 9.24 Å². The van der Waals surface area contributed by atoms with Crippen LogP contribution in [0.4, 0.5) is 0 Å². The van der Waals surface area contributed by atoms with Crippen molar-refractivity contribution in [3.63, 3.8) is 0 Å². The van der Waals surface area contributed by atoms with Crippen molar-refractivity contribution < 1.29 is 0 Å². The van der Waals surface area contributed by atoms with Crippen molar-refractivity contribution in [2.24, 2.45) is 5.73 Å². The first kappa shape index (κ1) is 8.14. The van der Waals surface area contributed by atoms with Crippen molar-refractivity contribution in [2.75, 3.05) is 0 Å². The highest BCUT2D eigenvalue weighted by Gasteiger charge is 2.24. The molecule has 2 rings (SSSR count). The molecule has 1 aromatic heterocycles. The van der Waals surface area contributed by atoms with Crippen LogP contribution in [0.1, 0.15) is 24.2 Å². The van der Waals surface area contributed by atoms with E-state index in [9.17, 15) is 0 Å². The van der Waals surface area contributed by atoms with E-state index in [0.29, 0.717) is 5.66 Å². The van der Waals surface area contributed by atoms with Gasteiger partial charge in [0.15, 0.2) is 0 Å². The van der Waals surface area contributed by atoms with E-state index in [4.69, 9.17) is 5.73 Å². The molecule has 0 bridgehead atoms. The molecule has 4 nitrogen and oxygen atoms in total. The van der Waals surface area contributed by atoms with E-state index in [0.717, 1.165) is 24.5 Å². The number of aryl methyl sites for hydroxylation is 2. The van der Waals surface area contributed by atoms with Gasteiger partial charge in [0.2, 0.25) is 0 Å². The molecule has 66 valence electrons. The molecule has 0 saturated carbocycles. The fourth-order valence-electron chi connectivity index (χ4n) is 1.53. The van der Waals surface area contributed by atoms with Crippen LogP contribution in [0.25, 0.3) is 0 Å². The summed E-state index contributed by atoms with van der Waals surface area (Å²) in [6.07, 6.45) is 2.06. The lowest BCUT2D eigenvalue weighted by Crippen LogP contribution is -2.34. The summed E-state index contributed by atoms with van der Waals surface area (Å²) in [5.74, 6) is 1.85. The van der Waals surface area contributed by atoms with Gasteiger partial charge in [-0.05, 0) is 13.3 Å². The van der Waals surface area contributed by atoms with Crippen molar-refractivity contribution in [3.8, 4) is 0 Å². The molecule has 1 aromatic rings. The number of hydrogen-bond donors (Lipinski definition) is 1. The van der Waals surface area contributed by atoms with Crippen molar-refractivity contribution in [1.82, 2.24) is 14.8 Å². The minimum absolute atomic E-state index is 0.0139. The van der Waals surface area contributed by atoms with Crippen LogP contribution in [0.3, 0.4) is 0 Å². The lowest BCUT2D eigenvalue weighted by molar-refractivity contribution is 0.382. The zero-order valence-corrected chi connectivity index (χ0v) is 8.22. The molecular formula is C7H13N4P. The van der Waals surface area contributed by atoms with Gasteiger partial charge in [0.05, 0.1) is 0 Å². The Bertz CT molecular complexity index is 296. The topological polar surface area (TPSA) is 56.7 Å². The Hall–Kier alpha value is -0.470. The van der Waals surface area contributed by atoms with Crippen molar-refractivity contribution in [2.45, 2.75) is 31.6 Å². The van der Waals surface area contributed by atoms with Gasteiger partial charge < -0.3 is 5.73 Å². The highest BCUT2D eigenvalue weighted by atomic mass is 31.0. The van der Waals surface area contributed by atoms with E-state index >= 15 is 0 Å². The summed E-state index contributed by atoms with van der Waals surface area (Å²) in [5.41, 5.74) is 6.37. The van der Waals surface area contributed by atoms with Gasteiger partial charge >= 0.3 is 0 Å². The number of hydrogen-bond acceptors (Lipinski definition) is 3. The molecule has 3 atom stereocenters. The van der Waals surface area contributed by atoms with Crippen LogP contribution in [-0.4, -0.2) is 20.4 Å². The average molecular weight is 184 g/mol. The number of nitrogens with two attached hydrogens (primary N) is 1. The SMILES string of the molecule is Cc1nc2n(n1)C(N)C(P)CC2. The number of aromatic nitrogens is 3. The number of nitrogens with zero attached hydrogens (tertiary/aromatic N) is 3. The van der Waals surface area contributed by atoms with Gasteiger partial charge in [0, 0.05) is 12.1 Å². The lowest BCUT2D eigenvalue weighted by atomic mass is 10.1. The molecule has 2 N–H and O–H groups in total. The highest BCUT2D eigenvalue weighted by molar-refractivity contribution is 7.17. The molecule has 0 amide bonds. The van der Waals surface area contributed by atoms with Crippen LogP contribution >= 0.6 is 9.24 Å². The van der Waals surface area contributed by atoms with Gasteiger partial charge in [-0.25, -0.2) is 9.67 Å². The molecule has 3 unspecified atom stereocenters. The Morgan fingerprint density at radius 3 is 3.17 bits per heavy atom. The van der Waals surface area contributed by atoms with Gasteiger partial charge in [-0.3, -0.25) is 0 Å². The molecule has 0 aliphatic carbocycles. The summed E-state index contributed by atoms with van der Waals surface area (Å²) in [5, 5.41) is 4.25. The van der Waals surface area contributed by atoms with Crippen LogP contribution in [0.5, 0.6) is 0 Å². The van der Waals surface area contributed by atoms with E-state index in [2.05, 4.69) is 19.3 Å². The average Bonchev–Trinajstić information content (AvgIpc) is 2.39. The molecule has 1 aliphatic heterocycles. The molecule has 2 heterocycles. The Kier molecular flexibility index (Phi) is 1.89. The molecule has 0 fully saturated rings. The predicted molar refractivity (Wildman–Crippen MR) is 49.8 cm³/mol. The second-order valence-electron chi connectivity index (χ2n) is 3.21. The van der Waals surface area contributed by atoms with Crippen molar-refractivity contribution in [1.29, 1.82) is 0 Å². The summed E-state index contributed by atoms with van der Waals surface area (Å²) in [6.45, 7) is 1.90. The monoisotopic (exact) mass is 184 g/mol. The summed E-state index contributed by atoms with van der Waals surface area (Å²) >= 11 is 0. The zero-order chi connectivity index (χ0) is 8.72. The van der Waals surface area contributed by atoms with Crippen molar-refractivity contribution >= 4 is 9.24 Å². The van der Waals surface area contributed by atoms with Crippen molar-refractivity contribution in [3.05, 3.63) is 11.6 Å². The fourth-order valence-corrected chi connectivity index (χ4v) is 1.86. The molecule has 0 radical (unpaired) electrons. The Labute approximate surface area is 73.7 Å². The molecule has 0 aromatic carbocycles. The minimum atomic E-state index is -0.0139. The first-order valence-electron chi connectivity index (χ1n) is 4.11. The smallest absolute Gasteiger partial charge is 0.147 e. The van der Waals surface area contributed by atoms with Crippen LogP contribution in [-0.2, 0) is 6.42 Å². The normalized spacial score (nSPS) is 28.6. The number of fused-ring (bicyclic) bond motifs is 1.